The number of ether oxygens (including phenoxy) is 1. The van der Waals surface area contributed by atoms with E-state index in [-0.39, 0.29) is 11.9 Å². The van der Waals surface area contributed by atoms with Gasteiger partial charge in [0.15, 0.2) is 5.96 Å². The molecule has 1 fully saturated rings. The zero-order valence-corrected chi connectivity index (χ0v) is 15.7. The summed E-state index contributed by atoms with van der Waals surface area (Å²) >= 11 is 0. The van der Waals surface area contributed by atoms with Crippen LogP contribution in [-0.4, -0.2) is 59.4 Å². The Morgan fingerprint density at radius 3 is 2.76 bits per heavy atom. The SMILES string of the molecule is CCNC(=NCCCc1cnn(C)c1)N1CCC(C(=O)OCC)CC1. The summed E-state index contributed by atoms with van der Waals surface area (Å²) in [6.07, 6.45) is 7.61. The second kappa shape index (κ2) is 10.1. The molecule has 0 saturated carbocycles. The van der Waals surface area contributed by atoms with Crippen LogP contribution in [0.1, 0.15) is 38.7 Å². The quantitative estimate of drug-likeness (QED) is 0.350. The molecule has 1 N–H and O–H groups in total. The van der Waals surface area contributed by atoms with Gasteiger partial charge >= 0.3 is 5.97 Å². The van der Waals surface area contributed by atoms with Crippen molar-refractivity contribution in [1.29, 1.82) is 0 Å². The number of piperidine rings is 1. The Morgan fingerprint density at radius 1 is 1.40 bits per heavy atom. The molecule has 0 radical (unpaired) electrons. The Bertz CT molecular complexity index is 562. The third-order valence-electron chi connectivity index (χ3n) is 4.39. The van der Waals surface area contributed by atoms with Crippen molar-refractivity contribution in [2.24, 2.45) is 18.0 Å². The lowest BCUT2D eigenvalue weighted by Crippen LogP contribution is -2.46. The van der Waals surface area contributed by atoms with Crippen LogP contribution in [0.25, 0.3) is 0 Å². The number of aryl methyl sites for hydroxylation is 2. The first-order valence-corrected chi connectivity index (χ1v) is 9.31. The zero-order chi connectivity index (χ0) is 18.1. The smallest absolute Gasteiger partial charge is 0.309 e. The Balaban J connectivity index is 1.80. The van der Waals surface area contributed by atoms with Crippen LogP contribution in [-0.2, 0) is 23.0 Å². The monoisotopic (exact) mass is 349 g/mol. The van der Waals surface area contributed by atoms with E-state index >= 15 is 0 Å². The number of guanidine groups is 1. The van der Waals surface area contributed by atoms with E-state index in [1.807, 2.05) is 24.9 Å². The van der Waals surface area contributed by atoms with E-state index in [4.69, 9.17) is 9.73 Å². The number of nitrogens with one attached hydrogen (secondary N) is 1. The zero-order valence-electron chi connectivity index (χ0n) is 15.7. The highest BCUT2D eigenvalue weighted by atomic mass is 16.5. The maximum absolute atomic E-state index is 11.9. The summed E-state index contributed by atoms with van der Waals surface area (Å²) in [6, 6.07) is 0. The second-order valence-electron chi connectivity index (χ2n) is 6.37. The van der Waals surface area contributed by atoms with Crippen LogP contribution in [0.3, 0.4) is 0 Å². The van der Waals surface area contributed by atoms with Crippen molar-refractivity contribution in [2.45, 2.75) is 39.5 Å². The summed E-state index contributed by atoms with van der Waals surface area (Å²) in [7, 11) is 1.94. The third kappa shape index (κ3) is 6.07. The summed E-state index contributed by atoms with van der Waals surface area (Å²) in [5, 5.41) is 7.56. The molecule has 1 aromatic rings. The van der Waals surface area contributed by atoms with E-state index < -0.39 is 0 Å². The second-order valence-corrected chi connectivity index (χ2v) is 6.37. The molecule has 140 valence electrons. The average molecular weight is 349 g/mol. The fourth-order valence-electron chi connectivity index (χ4n) is 3.08. The van der Waals surface area contributed by atoms with Crippen LogP contribution < -0.4 is 5.32 Å². The van der Waals surface area contributed by atoms with Crippen molar-refractivity contribution in [1.82, 2.24) is 20.0 Å². The van der Waals surface area contributed by atoms with Crippen LogP contribution in [0.2, 0.25) is 0 Å². The molecule has 0 atom stereocenters. The van der Waals surface area contributed by atoms with Gasteiger partial charge in [-0.1, -0.05) is 0 Å². The van der Waals surface area contributed by atoms with Crippen molar-refractivity contribution in [3.8, 4) is 0 Å². The molecule has 0 amide bonds. The number of carbonyl (C=O) groups excluding carboxylic acids is 1. The lowest BCUT2D eigenvalue weighted by molar-refractivity contribution is -0.149. The molecule has 1 saturated heterocycles. The molecule has 25 heavy (non-hydrogen) atoms. The molecule has 1 aliphatic rings. The van der Waals surface area contributed by atoms with Crippen LogP contribution in [0.5, 0.6) is 0 Å². The van der Waals surface area contributed by atoms with Crippen molar-refractivity contribution in [3.05, 3.63) is 18.0 Å². The van der Waals surface area contributed by atoms with E-state index in [1.54, 1.807) is 0 Å². The van der Waals surface area contributed by atoms with Gasteiger partial charge < -0.3 is 15.0 Å². The van der Waals surface area contributed by atoms with Gasteiger partial charge in [0.05, 0.1) is 18.7 Å². The molecule has 0 unspecified atom stereocenters. The highest BCUT2D eigenvalue weighted by Gasteiger charge is 2.27. The highest BCUT2D eigenvalue weighted by molar-refractivity contribution is 5.80. The number of aliphatic imine (C=N–C) groups is 1. The Kier molecular flexibility index (Phi) is 7.76. The van der Waals surface area contributed by atoms with Crippen molar-refractivity contribution >= 4 is 11.9 Å². The number of carbonyl (C=O) groups is 1. The summed E-state index contributed by atoms with van der Waals surface area (Å²) < 4.78 is 6.97. The van der Waals surface area contributed by atoms with E-state index in [0.29, 0.717) is 6.61 Å². The van der Waals surface area contributed by atoms with E-state index in [2.05, 4.69) is 28.4 Å². The fraction of sp³-hybridized carbons (Fsp3) is 0.722. The van der Waals surface area contributed by atoms with Crippen molar-refractivity contribution in [2.75, 3.05) is 32.8 Å². The predicted octanol–water partition coefficient (Wildman–Crippen LogP) is 1.59. The minimum absolute atomic E-state index is 0.0321. The normalized spacial score (nSPS) is 16.1. The maximum atomic E-state index is 11.9. The first-order valence-electron chi connectivity index (χ1n) is 9.31. The number of rotatable bonds is 7. The first kappa shape index (κ1) is 19.3. The summed E-state index contributed by atoms with van der Waals surface area (Å²) in [5.41, 5.74) is 1.25. The Hall–Kier alpha value is -2.05. The Labute approximate surface area is 150 Å². The lowest BCUT2D eigenvalue weighted by atomic mass is 9.97. The van der Waals surface area contributed by atoms with Crippen LogP contribution >= 0.6 is 0 Å². The number of likely N-dealkylation sites (tertiary alicyclic amines) is 1. The minimum Gasteiger partial charge on any atom is -0.466 e. The lowest BCUT2D eigenvalue weighted by Gasteiger charge is -2.33. The van der Waals surface area contributed by atoms with E-state index in [0.717, 1.165) is 57.8 Å². The van der Waals surface area contributed by atoms with Gasteiger partial charge in [0.25, 0.3) is 0 Å². The standard InChI is InChI=1S/C18H31N5O2/c1-4-19-18(20-10-6-7-15-13-21-22(3)14-15)23-11-8-16(9-12-23)17(24)25-5-2/h13-14,16H,4-12H2,1-3H3,(H,19,20). The molecule has 2 heterocycles. The van der Waals surface area contributed by atoms with Gasteiger partial charge in [-0.25, -0.2) is 0 Å². The molecule has 1 aromatic heterocycles. The summed E-state index contributed by atoms with van der Waals surface area (Å²) in [6.45, 7) is 7.72. The number of nitrogens with zero attached hydrogens (tertiary/aromatic N) is 4. The van der Waals surface area contributed by atoms with Gasteiger partial charge in [0.1, 0.15) is 0 Å². The molecular formula is C18H31N5O2. The summed E-state index contributed by atoms with van der Waals surface area (Å²) in [4.78, 5) is 18.9. The van der Waals surface area contributed by atoms with Crippen molar-refractivity contribution < 1.29 is 9.53 Å². The van der Waals surface area contributed by atoms with Gasteiger partial charge in [-0.05, 0) is 45.1 Å². The maximum Gasteiger partial charge on any atom is 0.309 e. The van der Waals surface area contributed by atoms with Crippen LogP contribution in [0, 0.1) is 5.92 Å². The molecule has 0 bridgehead atoms. The number of aromatic nitrogens is 2. The predicted molar refractivity (Wildman–Crippen MR) is 98.4 cm³/mol. The molecule has 7 heteroatoms. The van der Waals surface area contributed by atoms with Crippen molar-refractivity contribution in [3.63, 3.8) is 0 Å². The molecule has 0 aliphatic carbocycles. The van der Waals surface area contributed by atoms with Gasteiger partial charge in [-0.2, -0.15) is 5.10 Å². The van der Waals surface area contributed by atoms with Gasteiger partial charge in [-0.15, -0.1) is 0 Å². The van der Waals surface area contributed by atoms with Crippen LogP contribution in [0.4, 0.5) is 0 Å². The minimum atomic E-state index is -0.0550. The Morgan fingerprint density at radius 2 is 2.16 bits per heavy atom. The summed E-state index contributed by atoms with van der Waals surface area (Å²) in [5.74, 6) is 0.932. The largest absolute Gasteiger partial charge is 0.466 e. The molecule has 1 aliphatic heterocycles. The topological polar surface area (TPSA) is 71.8 Å². The average Bonchev–Trinajstić information content (AvgIpc) is 3.03. The molecular weight excluding hydrogens is 318 g/mol. The molecule has 0 aromatic carbocycles. The first-order chi connectivity index (χ1) is 12.1. The van der Waals surface area contributed by atoms with Gasteiger partial charge in [0.2, 0.25) is 0 Å². The van der Waals surface area contributed by atoms with Gasteiger partial charge in [0, 0.05) is 39.4 Å². The number of hydrogen-bond donors (Lipinski definition) is 1. The third-order valence-corrected chi connectivity index (χ3v) is 4.39. The van der Waals surface area contributed by atoms with Gasteiger partial charge in [-0.3, -0.25) is 14.5 Å². The number of hydrogen-bond acceptors (Lipinski definition) is 4. The molecule has 7 nitrogen and oxygen atoms in total. The van der Waals surface area contributed by atoms with Crippen LogP contribution in [0.15, 0.2) is 17.4 Å². The van der Waals surface area contributed by atoms with E-state index in [1.165, 1.54) is 5.56 Å². The highest BCUT2D eigenvalue weighted by Crippen LogP contribution is 2.18. The fourth-order valence-corrected chi connectivity index (χ4v) is 3.08. The molecule has 2 rings (SSSR count). The van der Waals surface area contributed by atoms with E-state index in [9.17, 15) is 4.79 Å². The number of esters is 1. The molecule has 0 spiro atoms.